The van der Waals surface area contributed by atoms with Gasteiger partial charge < -0.3 is 15.0 Å². The number of hydrogen-bond acceptors (Lipinski definition) is 3. The molecule has 1 saturated heterocycles. The van der Waals surface area contributed by atoms with Gasteiger partial charge in [-0.3, -0.25) is 4.79 Å². The maximum absolute atomic E-state index is 13.3. The standard InChI is InChI=1S/C13H15FN2O2/c14-10-2-1-9-3-5-16(12(9)7-10)13(17)11-8-18-6-4-15-11/h1-2,7,11,15H,3-6,8H2. The number of fused-ring (bicyclic) bond motifs is 1. The first-order valence-electron chi connectivity index (χ1n) is 6.16. The van der Waals surface area contributed by atoms with Gasteiger partial charge in [-0.1, -0.05) is 6.07 Å². The molecule has 5 heteroatoms. The summed E-state index contributed by atoms with van der Waals surface area (Å²) in [7, 11) is 0. The van der Waals surface area contributed by atoms with E-state index in [1.807, 2.05) is 0 Å². The fourth-order valence-electron chi connectivity index (χ4n) is 2.49. The second-order valence-electron chi connectivity index (χ2n) is 4.59. The van der Waals surface area contributed by atoms with E-state index in [0.29, 0.717) is 32.0 Å². The number of anilines is 1. The molecular formula is C13H15FN2O2. The Morgan fingerprint density at radius 1 is 1.50 bits per heavy atom. The molecule has 1 unspecified atom stereocenters. The smallest absolute Gasteiger partial charge is 0.246 e. The van der Waals surface area contributed by atoms with E-state index in [4.69, 9.17) is 4.74 Å². The van der Waals surface area contributed by atoms with E-state index in [2.05, 4.69) is 5.32 Å². The van der Waals surface area contributed by atoms with Crippen LogP contribution in [-0.4, -0.2) is 38.3 Å². The Kier molecular flexibility index (Phi) is 3.01. The van der Waals surface area contributed by atoms with Gasteiger partial charge in [0.25, 0.3) is 0 Å². The van der Waals surface area contributed by atoms with Crippen LogP contribution in [0.4, 0.5) is 10.1 Å². The Morgan fingerprint density at radius 3 is 3.17 bits per heavy atom. The van der Waals surface area contributed by atoms with Crippen molar-refractivity contribution in [3.05, 3.63) is 29.6 Å². The van der Waals surface area contributed by atoms with Crippen molar-refractivity contribution in [2.75, 3.05) is 31.2 Å². The Morgan fingerprint density at radius 2 is 2.39 bits per heavy atom. The topological polar surface area (TPSA) is 41.6 Å². The molecule has 1 N–H and O–H groups in total. The number of morpholine rings is 1. The molecule has 0 saturated carbocycles. The molecule has 96 valence electrons. The summed E-state index contributed by atoms with van der Waals surface area (Å²) >= 11 is 0. The van der Waals surface area contributed by atoms with Crippen LogP contribution < -0.4 is 10.2 Å². The first-order chi connectivity index (χ1) is 8.75. The average molecular weight is 250 g/mol. The minimum Gasteiger partial charge on any atom is -0.378 e. The summed E-state index contributed by atoms with van der Waals surface area (Å²) in [6.45, 7) is 2.32. The lowest BCUT2D eigenvalue weighted by atomic mass is 10.1. The summed E-state index contributed by atoms with van der Waals surface area (Å²) in [6, 6.07) is 4.31. The van der Waals surface area contributed by atoms with E-state index >= 15 is 0 Å². The number of nitrogens with one attached hydrogen (secondary N) is 1. The molecule has 1 amide bonds. The van der Waals surface area contributed by atoms with Crippen molar-refractivity contribution in [3.8, 4) is 0 Å². The van der Waals surface area contributed by atoms with E-state index in [1.165, 1.54) is 12.1 Å². The van der Waals surface area contributed by atoms with Crippen molar-refractivity contribution in [3.63, 3.8) is 0 Å². The molecule has 1 aromatic rings. The zero-order valence-electron chi connectivity index (χ0n) is 9.99. The summed E-state index contributed by atoms with van der Waals surface area (Å²) in [4.78, 5) is 14.0. The zero-order chi connectivity index (χ0) is 12.5. The van der Waals surface area contributed by atoms with Crippen LogP contribution in [0.2, 0.25) is 0 Å². The van der Waals surface area contributed by atoms with Crippen LogP contribution in [-0.2, 0) is 16.0 Å². The highest BCUT2D eigenvalue weighted by atomic mass is 19.1. The second kappa shape index (κ2) is 4.66. The Balaban J connectivity index is 1.82. The Labute approximate surface area is 105 Å². The SMILES string of the molecule is O=C(C1COCCN1)N1CCc2ccc(F)cc21. The van der Waals surface area contributed by atoms with Crippen LogP contribution in [0, 0.1) is 5.82 Å². The number of benzene rings is 1. The van der Waals surface area contributed by atoms with Gasteiger partial charge >= 0.3 is 0 Å². The third kappa shape index (κ3) is 2.00. The van der Waals surface area contributed by atoms with Gasteiger partial charge in [0.05, 0.1) is 13.2 Å². The van der Waals surface area contributed by atoms with E-state index in [-0.39, 0.29) is 17.8 Å². The van der Waals surface area contributed by atoms with Crippen molar-refractivity contribution in [2.24, 2.45) is 0 Å². The number of carbonyl (C=O) groups is 1. The maximum Gasteiger partial charge on any atom is 0.246 e. The van der Waals surface area contributed by atoms with Gasteiger partial charge in [0.1, 0.15) is 11.9 Å². The largest absolute Gasteiger partial charge is 0.378 e. The number of rotatable bonds is 1. The van der Waals surface area contributed by atoms with Crippen LogP contribution in [0.1, 0.15) is 5.56 Å². The maximum atomic E-state index is 13.3. The number of carbonyl (C=O) groups excluding carboxylic acids is 1. The lowest BCUT2D eigenvalue weighted by molar-refractivity contribution is -0.123. The number of amides is 1. The summed E-state index contributed by atoms with van der Waals surface area (Å²) < 4.78 is 18.6. The van der Waals surface area contributed by atoms with Crippen LogP contribution >= 0.6 is 0 Å². The predicted molar refractivity (Wildman–Crippen MR) is 65.1 cm³/mol. The van der Waals surface area contributed by atoms with Crippen molar-refractivity contribution in [1.29, 1.82) is 0 Å². The van der Waals surface area contributed by atoms with E-state index in [1.54, 1.807) is 11.0 Å². The number of halogens is 1. The fraction of sp³-hybridized carbons (Fsp3) is 0.462. The van der Waals surface area contributed by atoms with Crippen molar-refractivity contribution >= 4 is 11.6 Å². The summed E-state index contributed by atoms with van der Waals surface area (Å²) in [5.41, 5.74) is 1.73. The second-order valence-corrected chi connectivity index (χ2v) is 4.59. The van der Waals surface area contributed by atoms with Crippen LogP contribution in [0.25, 0.3) is 0 Å². The zero-order valence-corrected chi connectivity index (χ0v) is 9.99. The van der Waals surface area contributed by atoms with E-state index < -0.39 is 0 Å². The molecule has 1 atom stereocenters. The molecule has 2 aliphatic rings. The summed E-state index contributed by atoms with van der Waals surface area (Å²) in [6.07, 6.45) is 0.787. The van der Waals surface area contributed by atoms with E-state index in [0.717, 1.165) is 12.0 Å². The van der Waals surface area contributed by atoms with Gasteiger partial charge in [0.2, 0.25) is 5.91 Å². The van der Waals surface area contributed by atoms with Crippen LogP contribution in [0.15, 0.2) is 18.2 Å². The first-order valence-corrected chi connectivity index (χ1v) is 6.16. The summed E-state index contributed by atoms with van der Waals surface area (Å²) in [5, 5.41) is 3.13. The highest BCUT2D eigenvalue weighted by Gasteiger charge is 2.31. The van der Waals surface area contributed by atoms with Crippen molar-refractivity contribution in [2.45, 2.75) is 12.5 Å². The molecule has 2 aliphatic heterocycles. The van der Waals surface area contributed by atoms with Gasteiger partial charge in [-0.2, -0.15) is 0 Å². The molecule has 1 fully saturated rings. The molecule has 0 bridgehead atoms. The monoisotopic (exact) mass is 250 g/mol. The van der Waals surface area contributed by atoms with Gasteiger partial charge in [0, 0.05) is 18.8 Å². The van der Waals surface area contributed by atoms with Crippen LogP contribution in [0.5, 0.6) is 0 Å². The van der Waals surface area contributed by atoms with Gasteiger partial charge in [-0.15, -0.1) is 0 Å². The molecule has 2 heterocycles. The predicted octanol–water partition coefficient (Wildman–Crippen LogP) is 0.703. The highest BCUT2D eigenvalue weighted by Crippen LogP contribution is 2.29. The normalized spacial score (nSPS) is 22.9. The minimum atomic E-state index is -0.312. The van der Waals surface area contributed by atoms with Gasteiger partial charge in [0.15, 0.2) is 0 Å². The number of ether oxygens (including phenoxy) is 1. The number of nitrogens with zero attached hydrogens (tertiary/aromatic N) is 1. The Bertz CT molecular complexity index is 472. The summed E-state index contributed by atoms with van der Waals surface area (Å²) in [5.74, 6) is -0.333. The van der Waals surface area contributed by atoms with Crippen molar-refractivity contribution in [1.82, 2.24) is 5.32 Å². The van der Waals surface area contributed by atoms with Crippen molar-refractivity contribution < 1.29 is 13.9 Å². The lowest BCUT2D eigenvalue weighted by Crippen LogP contribution is -2.52. The first kappa shape index (κ1) is 11.6. The van der Waals surface area contributed by atoms with Gasteiger partial charge in [-0.25, -0.2) is 4.39 Å². The van der Waals surface area contributed by atoms with Gasteiger partial charge in [-0.05, 0) is 24.1 Å². The lowest BCUT2D eigenvalue weighted by Gasteiger charge is -2.27. The molecular weight excluding hydrogens is 235 g/mol. The molecule has 0 aliphatic carbocycles. The molecule has 0 radical (unpaired) electrons. The minimum absolute atomic E-state index is 0.0287. The van der Waals surface area contributed by atoms with Crippen LogP contribution in [0.3, 0.4) is 0 Å². The third-order valence-electron chi connectivity index (χ3n) is 3.43. The molecule has 3 rings (SSSR count). The Hall–Kier alpha value is -1.46. The molecule has 18 heavy (non-hydrogen) atoms. The molecule has 0 aromatic heterocycles. The molecule has 4 nitrogen and oxygen atoms in total. The fourth-order valence-corrected chi connectivity index (χ4v) is 2.49. The third-order valence-corrected chi connectivity index (χ3v) is 3.43. The molecule has 0 spiro atoms. The van der Waals surface area contributed by atoms with E-state index in [9.17, 15) is 9.18 Å². The highest BCUT2D eigenvalue weighted by molar-refractivity contribution is 5.99. The average Bonchev–Trinajstić information content (AvgIpc) is 2.82. The molecule has 1 aromatic carbocycles. The number of hydrogen-bond donors (Lipinski definition) is 1. The quantitative estimate of drug-likeness (QED) is 0.798.